The van der Waals surface area contributed by atoms with Gasteiger partial charge in [0.2, 0.25) is 0 Å². The first-order valence-corrected chi connectivity index (χ1v) is 14.6. The number of thioether (sulfide) groups is 1. The van der Waals surface area contributed by atoms with Crippen LogP contribution in [0.4, 0.5) is 0 Å². The van der Waals surface area contributed by atoms with Crippen LogP contribution in [0.2, 0.25) is 0 Å². The van der Waals surface area contributed by atoms with E-state index in [2.05, 4.69) is 27.9 Å². The Morgan fingerprint density at radius 3 is 2.00 bits per heavy atom. The quantitative estimate of drug-likeness (QED) is 0.167. The zero-order chi connectivity index (χ0) is 26.6. The topological polar surface area (TPSA) is 95.9 Å². The third-order valence-corrected chi connectivity index (χ3v) is 8.75. The van der Waals surface area contributed by atoms with Crippen LogP contribution < -0.4 is 5.32 Å². The lowest BCUT2D eigenvalue weighted by atomic mass is 10.0. The van der Waals surface area contributed by atoms with E-state index in [1.165, 1.54) is 16.7 Å². The van der Waals surface area contributed by atoms with Gasteiger partial charge in [0.25, 0.3) is 11.8 Å². The second kappa shape index (κ2) is 11.7. The smallest absolute Gasteiger partial charge is 0.356 e. The van der Waals surface area contributed by atoms with Gasteiger partial charge < -0.3 is 15.2 Å². The summed E-state index contributed by atoms with van der Waals surface area (Å²) in [7, 11) is 0. The normalized spacial score (nSPS) is 19.4. The molecule has 7 nitrogen and oxygen atoms in total. The number of aliphatic hydroxyl groups is 1. The Kier molecular flexibility index (Phi) is 8.15. The summed E-state index contributed by atoms with van der Waals surface area (Å²) in [6.07, 6.45) is -2.04. The summed E-state index contributed by atoms with van der Waals surface area (Å²) in [6, 6.07) is 26.6. The number of benzene rings is 3. The van der Waals surface area contributed by atoms with E-state index in [0.29, 0.717) is 15.7 Å². The number of halogens is 1. The molecule has 194 valence electrons. The summed E-state index contributed by atoms with van der Waals surface area (Å²) in [6.45, 7) is 0. The summed E-state index contributed by atoms with van der Waals surface area (Å²) >= 11 is 3.66. The average molecular weight is 640 g/mol. The van der Waals surface area contributed by atoms with Crippen molar-refractivity contribution in [1.29, 1.82) is 0 Å². The van der Waals surface area contributed by atoms with E-state index in [0.717, 1.165) is 16.7 Å². The number of rotatable bonds is 8. The molecule has 9 heteroatoms. The highest BCUT2D eigenvalue weighted by Gasteiger charge is 2.54. The van der Waals surface area contributed by atoms with Crippen molar-refractivity contribution >= 4 is 52.1 Å². The highest BCUT2D eigenvalue weighted by atomic mass is 127. The summed E-state index contributed by atoms with van der Waals surface area (Å²) < 4.78 is 6.63. The third-order valence-electron chi connectivity index (χ3n) is 6.49. The Labute approximate surface area is 238 Å². The molecule has 38 heavy (non-hydrogen) atoms. The number of fused-ring (bicyclic) bond motifs is 1. The van der Waals surface area contributed by atoms with Crippen LogP contribution in [0, 0.1) is 0 Å². The number of hydrogen-bond acceptors (Lipinski definition) is 6. The van der Waals surface area contributed by atoms with Crippen LogP contribution in [0.3, 0.4) is 0 Å². The minimum Gasteiger partial charge on any atom is -0.448 e. The molecule has 3 aromatic rings. The monoisotopic (exact) mass is 640 g/mol. The number of esters is 1. The summed E-state index contributed by atoms with van der Waals surface area (Å²) in [5.74, 6) is -1.12. The summed E-state index contributed by atoms with van der Waals surface area (Å²) in [4.78, 5) is 41.1. The molecule has 3 aromatic carbocycles. The molecule has 2 aliphatic rings. The minimum atomic E-state index is -1.39. The standard InChI is InChI=1S/C29H25IN2O5S/c30-16-21-17-38-28-22(31-26(34)24(33)18-10-4-1-5-11-18)27(35)32(28)23(21)29(36)37-25(19-12-6-2-7-13-19)20-14-8-3-9-15-20/h1-15,22,24-25,28,33H,16-17H2,(H,31,34)/t22-,24-,28-/m1/s1. The van der Waals surface area contributed by atoms with Gasteiger partial charge in [0.1, 0.15) is 17.1 Å². The van der Waals surface area contributed by atoms with E-state index in [9.17, 15) is 19.5 Å². The predicted octanol–water partition coefficient (Wildman–Crippen LogP) is 4.14. The first kappa shape index (κ1) is 26.5. The molecule has 0 saturated carbocycles. The summed E-state index contributed by atoms with van der Waals surface area (Å²) in [5, 5.41) is 12.7. The average Bonchev–Trinajstić information content (AvgIpc) is 2.98. The van der Waals surface area contributed by atoms with E-state index in [4.69, 9.17) is 4.74 Å². The van der Waals surface area contributed by atoms with E-state index >= 15 is 0 Å². The lowest BCUT2D eigenvalue weighted by Gasteiger charge is -2.49. The second-order valence-corrected chi connectivity index (χ2v) is 10.8. The van der Waals surface area contributed by atoms with E-state index < -0.39 is 41.4 Å². The molecule has 2 aliphatic heterocycles. The Morgan fingerprint density at radius 2 is 1.47 bits per heavy atom. The molecule has 2 amide bonds. The van der Waals surface area contributed by atoms with Gasteiger partial charge >= 0.3 is 5.97 Å². The van der Waals surface area contributed by atoms with Crippen LogP contribution in [0.15, 0.2) is 102 Å². The Hall–Kier alpha value is -3.15. The van der Waals surface area contributed by atoms with Crippen molar-refractivity contribution in [3.05, 3.63) is 119 Å². The van der Waals surface area contributed by atoms with Gasteiger partial charge in [0.05, 0.1) is 0 Å². The van der Waals surface area contributed by atoms with Crippen molar-refractivity contribution < 1.29 is 24.2 Å². The van der Waals surface area contributed by atoms with Crippen molar-refractivity contribution in [2.24, 2.45) is 0 Å². The number of carbonyl (C=O) groups is 3. The van der Waals surface area contributed by atoms with Gasteiger partial charge in [0, 0.05) is 10.2 Å². The van der Waals surface area contributed by atoms with Crippen molar-refractivity contribution in [2.75, 3.05) is 10.2 Å². The van der Waals surface area contributed by atoms with Crippen LogP contribution in [0.1, 0.15) is 28.9 Å². The number of hydrogen-bond donors (Lipinski definition) is 2. The van der Waals surface area contributed by atoms with Gasteiger partial charge in [-0.15, -0.1) is 11.8 Å². The molecule has 2 N–H and O–H groups in total. The Bertz CT molecular complexity index is 1310. The first-order valence-electron chi connectivity index (χ1n) is 12.1. The molecule has 3 atom stereocenters. The van der Waals surface area contributed by atoms with Crippen molar-refractivity contribution in [2.45, 2.75) is 23.6 Å². The van der Waals surface area contributed by atoms with Gasteiger partial charge in [-0.1, -0.05) is 114 Å². The number of nitrogens with zero attached hydrogens (tertiary/aromatic N) is 1. The first-order chi connectivity index (χ1) is 18.5. The highest BCUT2D eigenvalue weighted by molar-refractivity contribution is 14.1. The fourth-order valence-electron chi connectivity index (χ4n) is 4.54. The van der Waals surface area contributed by atoms with E-state index in [-0.39, 0.29) is 5.70 Å². The van der Waals surface area contributed by atoms with Crippen molar-refractivity contribution in [3.63, 3.8) is 0 Å². The van der Waals surface area contributed by atoms with Crippen LogP contribution in [0.5, 0.6) is 0 Å². The maximum Gasteiger partial charge on any atom is 0.356 e. The SMILES string of the molecule is O=C(OC(c1ccccc1)c1ccccc1)C1=C(CI)CS[C@@H]2[C@H](NC(=O)[C@H](O)c3ccccc3)C(=O)N12. The number of carbonyl (C=O) groups excluding carboxylic acids is 3. The number of amides is 2. The number of ether oxygens (including phenoxy) is 1. The van der Waals surface area contributed by atoms with E-state index in [1.54, 1.807) is 30.3 Å². The van der Waals surface area contributed by atoms with Crippen LogP contribution >= 0.6 is 34.4 Å². The maximum atomic E-state index is 13.7. The molecule has 0 bridgehead atoms. The highest BCUT2D eigenvalue weighted by Crippen LogP contribution is 2.42. The van der Waals surface area contributed by atoms with Gasteiger partial charge in [0.15, 0.2) is 12.2 Å². The van der Waals surface area contributed by atoms with Crippen molar-refractivity contribution in [3.8, 4) is 0 Å². The fourth-order valence-corrected chi connectivity index (χ4v) is 6.88. The Morgan fingerprint density at radius 1 is 0.947 bits per heavy atom. The molecule has 2 heterocycles. The molecular weight excluding hydrogens is 615 g/mol. The minimum absolute atomic E-state index is 0.235. The third kappa shape index (κ3) is 5.23. The summed E-state index contributed by atoms with van der Waals surface area (Å²) in [5.41, 5.74) is 3.12. The van der Waals surface area contributed by atoms with Crippen LogP contribution in [0.25, 0.3) is 0 Å². The molecule has 0 spiro atoms. The molecule has 0 radical (unpaired) electrons. The lowest BCUT2D eigenvalue weighted by Crippen LogP contribution is -2.71. The predicted molar refractivity (Wildman–Crippen MR) is 153 cm³/mol. The molecule has 1 saturated heterocycles. The second-order valence-electron chi connectivity index (χ2n) is 8.90. The van der Waals surface area contributed by atoms with Gasteiger partial charge in [-0.05, 0) is 22.3 Å². The lowest BCUT2D eigenvalue weighted by molar-refractivity contribution is -0.155. The molecular formula is C29H25IN2O5S. The van der Waals surface area contributed by atoms with Gasteiger partial charge in [-0.2, -0.15) is 0 Å². The van der Waals surface area contributed by atoms with Gasteiger partial charge in [-0.25, -0.2) is 4.79 Å². The molecule has 0 unspecified atom stereocenters. The fraction of sp³-hybridized carbons (Fsp3) is 0.207. The zero-order valence-electron chi connectivity index (χ0n) is 20.2. The Balaban J connectivity index is 1.36. The molecule has 1 fully saturated rings. The van der Waals surface area contributed by atoms with Crippen LogP contribution in [-0.4, -0.2) is 49.4 Å². The molecule has 0 aliphatic carbocycles. The van der Waals surface area contributed by atoms with Crippen molar-refractivity contribution in [1.82, 2.24) is 10.2 Å². The van der Waals surface area contributed by atoms with Crippen LogP contribution in [-0.2, 0) is 19.1 Å². The number of β-lactam (4-membered cyclic amide) rings is 1. The van der Waals surface area contributed by atoms with E-state index in [1.807, 2.05) is 60.7 Å². The molecule has 5 rings (SSSR count). The number of aliphatic hydroxyl groups excluding tert-OH is 1. The molecule has 0 aromatic heterocycles. The number of nitrogens with one attached hydrogen (secondary N) is 1. The number of alkyl halides is 1. The zero-order valence-corrected chi connectivity index (χ0v) is 23.2. The maximum absolute atomic E-state index is 13.7. The largest absolute Gasteiger partial charge is 0.448 e. The van der Waals surface area contributed by atoms with Gasteiger partial charge in [-0.3, -0.25) is 14.5 Å².